The molecule has 2 N–H and O–H groups in total. The van der Waals surface area contributed by atoms with Gasteiger partial charge in [-0.1, -0.05) is 12.1 Å². The molecular weight excluding hydrogens is 266 g/mol. The van der Waals surface area contributed by atoms with Gasteiger partial charge in [0, 0.05) is 17.8 Å². The quantitative estimate of drug-likeness (QED) is 0.844. The van der Waals surface area contributed by atoms with Crippen LogP contribution in [0.3, 0.4) is 0 Å². The molecule has 112 valence electrons. The van der Waals surface area contributed by atoms with E-state index in [4.69, 9.17) is 9.47 Å². The molecule has 0 aliphatic rings. The van der Waals surface area contributed by atoms with Crippen LogP contribution < -0.4 is 14.8 Å². The molecule has 2 rings (SSSR count). The monoisotopic (exact) mass is 287 g/mol. The average Bonchev–Trinajstić information content (AvgIpc) is 2.48. The zero-order valence-electron chi connectivity index (χ0n) is 12.6. The van der Waals surface area contributed by atoms with Crippen molar-refractivity contribution in [1.29, 1.82) is 0 Å². The maximum absolute atomic E-state index is 9.33. The van der Waals surface area contributed by atoms with Gasteiger partial charge in [0.2, 0.25) is 0 Å². The van der Waals surface area contributed by atoms with E-state index in [-0.39, 0.29) is 11.8 Å². The van der Waals surface area contributed by atoms with Gasteiger partial charge in [0.25, 0.3) is 0 Å². The number of methoxy groups -OCH3 is 1. The van der Waals surface area contributed by atoms with Gasteiger partial charge in [-0.2, -0.15) is 0 Å². The first kappa shape index (κ1) is 15.0. The van der Waals surface area contributed by atoms with E-state index in [0.717, 1.165) is 22.7 Å². The van der Waals surface area contributed by atoms with Gasteiger partial charge in [0.15, 0.2) is 11.5 Å². The molecule has 2 aromatic carbocycles. The van der Waals surface area contributed by atoms with Gasteiger partial charge in [-0.05, 0) is 43.7 Å². The summed E-state index contributed by atoms with van der Waals surface area (Å²) < 4.78 is 10.8. The van der Waals surface area contributed by atoms with Gasteiger partial charge < -0.3 is 19.9 Å². The van der Waals surface area contributed by atoms with Crippen LogP contribution in [0.5, 0.6) is 17.2 Å². The number of aromatic hydroxyl groups is 1. The van der Waals surface area contributed by atoms with E-state index in [0.29, 0.717) is 6.61 Å². The lowest BCUT2D eigenvalue weighted by molar-refractivity contribution is 0.311. The molecule has 0 spiro atoms. The van der Waals surface area contributed by atoms with Gasteiger partial charge in [0.1, 0.15) is 5.75 Å². The molecular formula is C17H21NO3. The van der Waals surface area contributed by atoms with Crippen molar-refractivity contribution in [2.24, 2.45) is 0 Å². The molecule has 0 saturated heterocycles. The Kier molecular flexibility index (Phi) is 4.93. The summed E-state index contributed by atoms with van der Waals surface area (Å²) >= 11 is 0. The second-order valence-corrected chi connectivity index (χ2v) is 4.76. The van der Waals surface area contributed by atoms with Gasteiger partial charge >= 0.3 is 0 Å². The highest BCUT2D eigenvalue weighted by Gasteiger charge is 2.09. The molecule has 0 aliphatic carbocycles. The number of benzene rings is 2. The SMILES string of the molecule is CCOc1cc(NC(C)c2ccc(O)cc2)ccc1OC. The van der Waals surface area contributed by atoms with Crippen LogP contribution in [0.15, 0.2) is 42.5 Å². The highest BCUT2D eigenvalue weighted by Crippen LogP contribution is 2.31. The Balaban J connectivity index is 2.15. The Bertz CT molecular complexity index is 581. The number of anilines is 1. The van der Waals surface area contributed by atoms with E-state index in [9.17, 15) is 5.11 Å². The highest BCUT2D eigenvalue weighted by molar-refractivity contribution is 5.55. The Hall–Kier alpha value is -2.36. The van der Waals surface area contributed by atoms with Crippen LogP contribution >= 0.6 is 0 Å². The molecule has 0 radical (unpaired) electrons. The third-order valence-electron chi connectivity index (χ3n) is 3.24. The molecule has 0 bridgehead atoms. The number of nitrogens with one attached hydrogen (secondary N) is 1. The van der Waals surface area contributed by atoms with Crippen molar-refractivity contribution < 1.29 is 14.6 Å². The van der Waals surface area contributed by atoms with Crippen molar-refractivity contribution in [3.63, 3.8) is 0 Å². The second kappa shape index (κ2) is 6.88. The summed E-state index contributed by atoms with van der Waals surface area (Å²) in [6.45, 7) is 4.60. The lowest BCUT2D eigenvalue weighted by Gasteiger charge is -2.17. The van der Waals surface area contributed by atoms with Crippen molar-refractivity contribution in [3.05, 3.63) is 48.0 Å². The first-order valence-electron chi connectivity index (χ1n) is 7.00. The molecule has 1 unspecified atom stereocenters. The van der Waals surface area contributed by atoms with Crippen LogP contribution in [0.25, 0.3) is 0 Å². The predicted octanol–water partition coefficient (Wildman–Crippen LogP) is 3.97. The number of ether oxygens (including phenoxy) is 2. The molecule has 4 heteroatoms. The van der Waals surface area contributed by atoms with E-state index in [1.807, 2.05) is 37.3 Å². The largest absolute Gasteiger partial charge is 0.508 e. The summed E-state index contributed by atoms with van der Waals surface area (Å²) in [5.41, 5.74) is 2.06. The fourth-order valence-electron chi connectivity index (χ4n) is 2.13. The molecule has 0 saturated carbocycles. The fraction of sp³-hybridized carbons (Fsp3) is 0.294. The van der Waals surface area contributed by atoms with Gasteiger partial charge in [0.05, 0.1) is 13.7 Å². The van der Waals surface area contributed by atoms with E-state index in [1.165, 1.54) is 0 Å². The fourth-order valence-corrected chi connectivity index (χ4v) is 2.13. The average molecular weight is 287 g/mol. The molecule has 0 heterocycles. The van der Waals surface area contributed by atoms with E-state index < -0.39 is 0 Å². The summed E-state index contributed by atoms with van der Waals surface area (Å²) in [5.74, 6) is 1.72. The number of phenols is 1. The number of hydrogen-bond acceptors (Lipinski definition) is 4. The van der Waals surface area contributed by atoms with Gasteiger partial charge in [-0.3, -0.25) is 0 Å². The van der Waals surface area contributed by atoms with Gasteiger partial charge in [-0.25, -0.2) is 0 Å². The normalized spacial score (nSPS) is 11.8. The highest BCUT2D eigenvalue weighted by atomic mass is 16.5. The summed E-state index contributed by atoms with van der Waals surface area (Å²) in [7, 11) is 1.63. The maximum Gasteiger partial charge on any atom is 0.163 e. The molecule has 1 atom stereocenters. The van der Waals surface area contributed by atoms with E-state index in [2.05, 4.69) is 12.2 Å². The summed E-state index contributed by atoms with van der Waals surface area (Å²) in [6.07, 6.45) is 0. The van der Waals surface area contributed by atoms with Crippen LogP contribution in [0.2, 0.25) is 0 Å². The smallest absolute Gasteiger partial charge is 0.163 e. The molecule has 0 aromatic heterocycles. The predicted molar refractivity (Wildman–Crippen MR) is 84.3 cm³/mol. The Labute approximate surface area is 125 Å². The van der Waals surface area contributed by atoms with Crippen LogP contribution in [-0.2, 0) is 0 Å². The van der Waals surface area contributed by atoms with Gasteiger partial charge in [-0.15, -0.1) is 0 Å². The molecule has 0 aliphatic heterocycles. The standard InChI is InChI=1S/C17H21NO3/c1-4-21-17-11-14(7-10-16(17)20-3)18-12(2)13-5-8-15(19)9-6-13/h5-12,18-19H,4H2,1-3H3. The van der Waals surface area contributed by atoms with Crippen molar-refractivity contribution in [3.8, 4) is 17.2 Å². The number of phenolic OH excluding ortho intramolecular Hbond substituents is 1. The van der Waals surface area contributed by atoms with Crippen LogP contribution in [0.1, 0.15) is 25.5 Å². The zero-order valence-corrected chi connectivity index (χ0v) is 12.6. The van der Waals surface area contributed by atoms with E-state index in [1.54, 1.807) is 19.2 Å². The van der Waals surface area contributed by atoms with Crippen LogP contribution in [-0.4, -0.2) is 18.8 Å². The third-order valence-corrected chi connectivity index (χ3v) is 3.24. The lowest BCUT2D eigenvalue weighted by atomic mass is 10.1. The first-order chi connectivity index (χ1) is 10.1. The van der Waals surface area contributed by atoms with Crippen molar-refractivity contribution in [1.82, 2.24) is 0 Å². The van der Waals surface area contributed by atoms with Crippen molar-refractivity contribution in [2.75, 3.05) is 19.0 Å². The molecule has 4 nitrogen and oxygen atoms in total. The minimum atomic E-state index is 0.119. The zero-order chi connectivity index (χ0) is 15.2. The molecule has 2 aromatic rings. The van der Waals surface area contributed by atoms with Crippen molar-refractivity contribution >= 4 is 5.69 Å². The Morgan fingerprint density at radius 3 is 2.43 bits per heavy atom. The minimum Gasteiger partial charge on any atom is -0.508 e. The lowest BCUT2D eigenvalue weighted by Crippen LogP contribution is -2.06. The van der Waals surface area contributed by atoms with E-state index >= 15 is 0 Å². The minimum absolute atomic E-state index is 0.119. The van der Waals surface area contributed by atoms with Crippen LogP contribution in [0, 0.1) is 0 Å². The first-order valence-corrected chi connectivity index (χ1v) is 7.00. The maximum atomic E-state index is 9.33. The van der Waals surface area contributed by atoms with Crippen LogP contribution in [0.4, 0.5) is 5.69 Å². The molecule has 0 amide bonds. The van der Waals surface area contributed by atoms with Crippen molar-refractivity contribution in [2.45, 2.75) is 19.9 Å². The Morgan fingerprint density at radius 2 is 1.81 bits per heavy atom. The summed E-state index contributed by atoms with van der Waals surface area (Å²) in [6, 6.07) is 13.1. The summed E-state index contributed by atoms with van der Waals surface area (Å²) in [5, 5.41) is 12.7. The molecule has 21 heavy (non-hydrogen) atoms. The summed E-state index contributed by atoms with van der Waals surface area (Å²) in [4.78, 5) is 0. The number of hydrogen-bond donors (Lipinski definition) is 2. The second-order valence-electron chi connectivity index (χ2n) is 4.76. The number of rotatable bonds is 6. The topological polar surface area (TPSA) is 50.7 Å². The third kappa shape index (κ3) is 3.81. The molecule has 0 fully saturated rings. The Morgan fingerprint density at radius 1 is 1.10 bits per heavy atom.